The Hall–Kier alpha value is -3.70. The molecule has 0 fully saturated rings. The molecular weight excluding hydrogens is 799 g/mol. The van der Waals surface area contributed by atoms with Crippen LogP contribution in [-0.2, 0) is 26.2 Å². The molecule has 0 bridgehead atoms. The van der Waals surface area contributed by atoms with E-state index in [4.69, 9.17) is 0 Å². The molecule has 0 N–H and O–H groups in total. The van der Waals surface area contributed by atoms with Crippen molar-refractivity contribution in [3.63, 3.8) is 0 Å². The number of pyridine rings is 2. The molecule has 0 aliphatic rings. The molecule has 6 aromatic carbocycles. The van der Waals surface area contributed by atoms with Gasteiger partial charge in [-0.25, -0.2) is 0 Å². The van der Waals surface area contributed by atoms with Crippen LogP contribution < -0.4 is 35.2 Å². The van der Waals surface area contributed by atoms with Crippen molar-refractivity contribution in [2.24, 2.45) is 0 Å². The maximum Gasteiger partial charge on any atom is 4.00 e. The van der Waals surface area contributed by atoms with Crippen LogP contribution in [0.4, 0.5) is 0 Å². The molecule has 0 spiro atoms. The van der Waals surface area contributed by atoms with Crippen LogP contribution in [0.1, 0.15) is 0 Å². The van der Waals surface area contributed by atoms with Crippen LogP contribution >= 0.6 is 0 Å². The van der Waals surface area contributed by atoms with Crippen molar-refractivity contribution in [2.45, 2.75) is 39.3 Å². The largest absolute Gasteiger partial charge is 4.00 e. The van der Waals surface area contributed by atoms with Crippen molar-refractivity contribution >= 4 is 48.1 Å². The molecule has 7 heteroatoms. The molecule has 2 nitrogen and oxygen atoms in total. The number of nitrogens with zero attached hydrogens (tertiary/aromatic N) is 2. The predicted molar refractivity (Wildman–Crippen MR) is 222 cm³/mol. The van der Waals surface area contributed by atoms with E-state index in [-0.39, 0.29) is 51.0 Å². The molecule has 0 saturated carbocycles. The molecule has 8 aromatic rings. The second kappa shape index (κ2) is 17.6. The van der Waals surface area contributed by atoms with E-state index in [0.717, 1.165) is 11.4 Å². The molecule has 0 atom stereocenters. The van der Waals surface area contributed by atoms with Crippen molar-refractivity contribution in [1.29, 1.82) is 0 Å². The monoisotopic (exact) mass is 840 g/mol. The minimum Gasteiger partial charge on any atom is -1.00 e. The fourth-order valence-electron chi connectivity index (χ4n) is 6.64. The molecule has 2 aromatic heterocycles. The first-order valence-corrected chi connectivity index (χ1v) is 24.5. The van der Waals surface area contributed by atoms with Gasteiger partial charge in [-0.05, 0) is 23.3 Å². The molecule has 0 unspecified atom stereocenters. The molecule has 8 rings (SSSR count). The summed E-state index contributed by atoms with van der Waals surface area (Å²) in [6.07, 6.45) is 3.70. The van der Waals surface area contributed by atoms with Crippen LogP contribution in [0.25, 0.3) is 66.3 Å². The van der Waals surface area contributed by atoms with Gasteiger partial charge in [0, 0.05) is 23.8 Å². The van der Waals surface area contributed by atoms with E-state index in [9.17, 15) is 0 Å². The summed E-state index contributed by atoms with van der Waals surface area (Å²) in [7, 11) is -2.52. The normalized spacial score (nSPS) is 11.1. The summed E-state index contributed by atoms with van der Waals surface area (Å²) in [4.78, 5) is 8.98. The van der Waals surface area contributed by atoms with E-state index in [0.29, 0.717) is 0 Å². The maximum atomic E-state index is 4.49. The van der Waals surface area contributed by atoms with Gasteiger partial charge in [0.05, 0.1) is 16.1 Å². The number of hydrogen-bond donors (Lipinski definition) is 0. The van der Waals surface area contributed by atoms with Gasteiger partial charge in [0.1, 0.15) is 0 Å². The van der Waals surface area contributed by atoms with Crippen molar-refractivity contribution < 1.29 is 51.0 Å². The zero-order chi connectivity index (χ0) is 34.9. The van der Waals surface area contributed by atoms with Gasteiger partial charge >= 0.3 is 26.2 Å². The number of rotatable bonds is 6. The van der Waals surface area contributed by atoms with Crippen LogP contribution in [0.3, 0.4) is 0 Å². The van der Waals surface area contributed by atoms with Gasteiger partial charge in [0.2, 0.25) is 0 Å². The fourth-order valence-corrected chi connectivity index (χ4v) is 8.97. The van der Waals surface area contributed by atoms with Crippen molar-refractivity contribution in [3.05, 3.63) is 158 Å². The molecule has 264 valence electrons. The number of halogens is 2. The Labute approximate surface area is 348 Å². The van der Waals surface area contributed by atoms with Gasteiger partial charge in [-0.3, -0.25) is 9.97 Å². The van der Waals surface area contributed by atoms with E-state index in [1.165, 1.54) is 65.3 Å². The summed E-state index contributed by atoms with van der Waals surface area (Å²) in [6, 6.07) is 52.5. The fraction of sp³-hybridized carbons (Fsp3) is 0.130. The van der Waals surface area contributed by atoms with Crippen molar-refractivity contribution in [3.8, 4) is 44.8 Å². The Morgan fingerprint density at radius 1 is 0.434 bits per heavy atom. The predicted octanol–water partition coefficient (Wildman–Crippen LogP) is 5.67. The Kier molecular flexibility index (Phi) is 14.0. The summed E-state index contributed by atoms with van der Waals surface area (Å²) >= 11 is 0. The molecule has 0 aliphatic heterocycles. The van der Waals surface area contributed by atoms with E-state index in [2.05, 4.69) is 171 Å². The molecule has 53 heavy (non-hydrogen) atoms. The van der Waals surface area contributed by atoms with Gasteiger partial charge in [-0.15, -0.1) is 69.1 Å². The molecular formula is C46H44Cl2N2Si2Zr. The first-order valence-electron chi connectivity index (χ1n) is 17.5. The van der Waals surface area contributed by atoms with Gasteiger partial charge < -0.3 is 24.8 Å². The minimum atomic E-state index is -1.26. The van der Waals surface area contributed by atoms with E-state index in [1.54, 1.807) is 0 Å². The van der Waals surface area contributed by atoms with E-state index in [1.807, 2.05) is 36.7 Å². The zero-order valence-electron chi connectivity index (χ0n) is 31.2. The van der Waals surface area contributed by atoms with Crippen LogP contribution in [0, 0.1) is 0 Å². The summed E-state index contributed by atoms with van der Waals surface area (Å²) in [6.45, 7) is 14.3. The third kappa shape index (κ3) is 9.52. The first-order chi connectivity index (χ1) is 24.0. The topological polar surface area (TPSA) is 25.8 Å². The van der Waals surface area contributed by atoms with E-state index >= 15 is 0 Å². The summed E-state index contributed by atoms with van der Waals surface area (Å²) in [5.41, 5.74) is 9.57. The Morgan fingerprint density at radius 3 is 1.13 bits per heavy atom. The zero-order valence-corrected chi connectivity index (χ0v) is 37.1. The first kappa shape index (κ1) is 42.0. The molecule has 0 saturated heterocycles. The third-order valence-electron chi connectivity index (χ3n) is 9.55. The molecule has 2 heterocycles. The standard InChI is InChI=1S/2C23H22NSi.2ClH.Zr/c2*1-25(2,3)20-12-10-17(11-13-20)21-8-6-7-18-15-19(16-22(18)21)23-9-4-5-14-24-23;;;/h2*4-16H,1-3H3;2*1H;/q2*-1;;;+4/p-2. The molecule has 0 radical (unpaired) electrons. The third-order valence-corrected chi connectivity index (χ3v) is 13.7. The Balaban J connectivity index is 0.000000224. The summed E-state index contributed by atoms with van der Waals surface area (Å²) in [5, 5.41) is 8.13. The average Bonchev–Trinajstić information content (AvgIpc) is 3.77. The average molecular weight is 843 g/mol. The number of benzene rings is 4. The molecule has 0 amide bonds. The summed E-state index contributed by atoms with van der Waals surface area (Å²) in [5.74, 6) is 0. The smallest absolute Gasteiger partial charge is 1.00 e. The van der Waals surface area contributed by atoms with Crippen molar-refractivity contribution in [2.75, 3.05) is 0 Å². The SMILES string of the molecule is C[Si](C)(C)c1ccc(-c2cccc3[cH-]c(-c4ccccn4)cc23)cc1.C[Si](C)(C)c1ccc(-c2cccc3[cH-]c(-c4ccccn4)cc23)cc1.[Cl-].[Cl-].[Zr+4]. The van der Waals surface area contributed by atoms with Crippen molar-refractivity contribution in [1.82, 2.24) is 9.97 Å². The Morgan fingerprint density at radius 2 is 0.811 bits per heavy atom. The van der Waals surface area contributed by atoms with Gasteiger partial charge in [0.15, 0.2) is 0 Å². The van der Waals surface area contributed by atoms with E-state index < -0.39 is 16.1 Å². The number of hydrogen-bond acceptors (Lipinski definition) is 2. The number of aromatic nitrogens is 2. The summed E-state index contributed by atoms with van der Waals surface area (Å²) < 4.78 is 0. The quantitative estimate of drug-likeness (QED) is 0.160. The minimum absolute atomic E-state index is 0. The Bertz CT molecular complexity index is 2200. The number of fused-ring (bicyclic) bond motifs is 2. The van der Waals surface area contributed by atoms with Gasteiger partial charge in [-0.1, -0.05) is 158 Å². The molecule has 0 aliphatic carbocycles. The van der Waals surface area contributed by atoms with Gasteiger partial charge in [0.25, 0.3) is 0 Å². The van der Waals surface area contributed by atoms with Crippen LogP contribution in [0.2, 0.25) is 39.3 Å². The maximum absolute atomic E-state index is 4.49. The second-order valence-electron chi connectivity index (χ2n) is 15.2. The van der Waals surface area contributed by atoms with Crippen LogP contribution in [0.15, 0.2) is 158 Å². The van der Waals surface area contributed by atoms with Gasteiger partial charge in [-0.2, -0.15) is 0 Å². The van der Waals surface area contributed by atoms with Crippen LogP contribution in [0.5, 0.6) is 0 Å². The second-order valence-corrected chi connectivity index (χ2v) is 25.3. The van der Waals surface area contributed by atoms with Crippen LogP contribution in [-0.4, -0.2) is 26.1 Å².